The van der Waals surface area contributed by atoms with Crippen LogP contribution in [0.4, 0.5) is 0 Å². The molecule has 0 spiro atoms. The second kappa shape index (κ2) is 7.88. The van der Waals surface area contributed by atoms with Gasteiger partial charge in [-0.1, -0.05) is 29.3 Å². The van der Waals surface area contributed by atoms with Crippen molar-refractivity contribution in [1.29, 1.82) is 5.26 Å². The van der Waals surface area contributed by atoms with Gasteiger partial charge in [0.1, 0.15) is 17.4 Å². The predicted molar refractivity (Wildman–Crippen MR) is 109 cm³/mol. The normalized spacial score (nSPS) is 16.0. The number of nitrogens with one attached hydrogen (secondary N) is 1. The first-order chi connectivity index (χ1) is 13.2. The zero-order chi connectivity index (χ0) is 20.6. The minimum atomic E-state index is -0.718. The van der Waals surface area contributed by atoms with Crippen LogP contribution >= 0.6 is 23.2 Å². The lowest BCUT2D eigenvalue weighted by molar-refractivity contribution is -0.858. The van der Waals surface area contributed by atoms with Crippen LogP contribution in [0.5, 0.6) is 5.75 Å². The number of pyridine rings is 1. The summed E-state index contributed by atoms with van der Waals surface area (Å²) in [6.07, 6.45) is 0. The van der Waals surface area contributed by atoms with Gasteiger partial charge in [0.25, 0.3) is 5.56 Å². The number of aryl methyl sites for hydroxylation is 1. The number of hydrogen-bond donors (Lipinski definition) is 2. The second-order valence-corrected chi connectivity index (χ2v) is 7.91. The largest absolute Gasteiger partial charge is 0.440 e. The Morgan fingerprint density at radius 3 is 2.64 bits per heavy atom. The third-order valence-electron chi connectivity index (χ3n) is 4.80. The lowest BCUT2D eigenvalue weighted by atomic mass is 9.84. The summed E-state index contributed by atoms with van der Waals surface area (Å²) >= 11 is 12.4. The van der Waals surface area contributed by atoms with Gasteiger partial charge in [0.05, 0.1) is 38.7 Å². The van der Waals surface area contributed by atoms with E-state index < -0.39 is 5.92 Å². The van der Waals surface area contributed by atoms with Gasteiger partial charge in [-0.2, -0.15) is 5.26 Å². The SMILES string of the molecule is Cc1cc2c(c(=O)n1CC[NH+](C)C)[C@@H](c1ccc(Cl)cc1Cl)C(C#N)=C(N)O2. The number of benzene rings is 1. The number of quaternary nitrogens is 1. The molecule has 2 aromatic rings. The summed E-state index contributed by atoms with van der Waals surface area (Å²) in [6.45, 7) is 3.16. The van der Waals surface area contributed by atoms with Crippen LogP contribution in [0.1, 0.15) is 22.7 Å². The number of aromatic nitrogens is 1. The highest BCUT2D eigenvalue weighted by molar-refractivity contribution is 6.35. The van der Waals surface area contributed by atoms with Crippen LogP contribution in [-0.4, -0.2) is 25.2 Å². The lowest BCUT2D eigenvalue weighted by Gasteiger charge is -2.28. The quantitative estimate of drug-likeness (QED) is 0.791. The van der Waals surface area contributed by atoms with Crippen LogP contribution in [0.2, 0.25) is 10.0 Å². The molecule has 2 heterocycles. The fourth-order valence-corrected chi connectivity index (χ4v) is 3.86. The summed E-state index contributed by atoms with van der Waals surface area (Å²) in [4.78, 5) is 14.6. The molecule has 146 valence electrons. The highest BCUT2D eigenvalue weighted by atomic mass is 35.5. The predicted octanol–water partition coefficient (Wildman–Crippen LogP) is 1.83. The third kappa shape index (κ3) is 3.61. The van der Waals surface area contributed by atoms with E-state index in [0.29, 0.717) is 33.5 Å². The van der Waals surface area contributed by atoms with Gasteiger partial charge in [0.2, 0.25) is 5.88 Å². The van der Waals surface area contributed by atoms with E-state index in [1.807, 2.05) is 21.0 Å². The van der Waals surface area contributed by atoms with Crippen molar-refractivity contribution in [3.05, 3.63) is 72.9 Å². The molecule has 28 heavy (non-hydrogen) atoms. The lowest BCUT2D eigenvalue weighted by Crippen LogP contribution is -3.06. The van der Waals surface area contributed by atoms with Gasteiger partial charge in [-0.05, 0) is 24.6 Å². The molecule has 1 aliphatic rings. The molecule has 1 atom stereocenters. The first kappa shape index (κ1) is 20.3. The van der Waals surface area contributed by atoms with Gasteiger partial charge < -0.3 is 19.9 Å². The summed E-state index contributed by atoms with van der Waals surface area (Å²) in [5.74, 6) is -0.395. The number of ether oxygens (including phenoxy) is 1. The Morgan fingerprint density at radius 2 is 2.04 bits per heavy atom. The maximum Gasteiger partial charge on any atom is 0.258 e. The molecular weight excluding hydrogens is 399 g/mol. The van der Waals surface area contributed by atoms with Crippen LogP contribution in [-0.2, 0) is 6.54 Å². The number of nitrogens with zero attached hydrogens (tertiary/aromatic N) is 2. The van der Waals surface area contributed by atoms with Crippen LogP contribution in [0.25, 0.3) is 0 Å². The Hall–Kier alpha value is -2.46. The van der Waals surface area contributed by atoms with Crippen molar-refractivity contribution in [1.82, 2.24) is 4.57 Å². The summed E-state index contributed by atoms with van der Waals surface area (Å²) in [7, 11) is 4.05. The van der Waals surface area contributed by atoms with Crippen molar-refractivity contribution in [2.75, 3.05) is 20.6 Å². The monoisotopic (exact) mass is 419 g/mol. The Balaban J connectivity index is 2.27. The Labute approximate surface area is 173 Å². The van der Waals surface area contributed by atoms with E-state index in [2.05, 4.69) is 6.07 Å². The van der Waals surface area contributed by atoms with E-state index in [-0.39, 0.29) is 17.0 Å². The molecule has 0 fully saturated rings. The summed E-state index contributed by atoms with van der Waals surface area (Å²) in [5, 5.41) is 10.5. The number of hydrogen-bond acceptors (Lipinski definition) is 4. The molecule has 8 heteroatoms. The number of likely N-dealkylation sites (N-methyl/N-ethyl adjacent to an activating group) is 1. The summed E-state index contributed by atoms with van der Waals surface area (Å²) in [5.41, 5.74) is 7.65. The molecule has 1 aromatic heterocycles. The molecule has 6 nitrogen and oxygen atoms in total. The smallest absolute Gasteiger partial charge is 0.258 e. The van der Waals surface area contributed by atoms with Crippen LogP contribution < -0.4 is 20.9 Å². The van der Waals surface area contributed by atoms with E-state index >= 15 is 0 Å². The molecule has 0 saturated heterocycles. The number of halogens is 2. The van der Waals surface area contributed by atoms with Crippen LogP contribution in [0, 0.1) is 18.3 Å². The highest BCUT2D eigenvalue weighted by Crippen LogP contribution is 2.43. The average Bonchev–Trinajstić information content (AvgIpc) is 2.60. The Kier molecular flexibility index (Phi) is 5.71. The van der Waals surface area contributed by atoms with E-state index in [9.17, 15) is 10.1 Å². The van der Waals surface area contributed by atoms with Gasteiger partial charge >= 0.3 is 0 Å². The van der Waals surface area contributed by atoms with Crippen molar-refractivity contribution in [2.24, 2.45) is 5.73 Å². The zero-order valence-electron chi connectivity index (χ0n) is 15.8. The Bertz CT molecular complexity index is 1070. The molecule has 0 bridgehead atoms. The van der Waals surface area contributed by atoms with Gasteiger partial charge in [0, 0.05) is 21.8 Å². The van der Waals surface area contributed by atoms with Gasteiger partial charge in [0.15, 0.2) is 0 Å². The number of nitriles is 1. The maximum atomic E-state index is 13.4. The molecule has 3 rings (SSSR count). The fourth-order valence-electron chi connectivity index (χ4n) is 3.35. The van der Waals surface area contributed by atoms with Crippen molar-refractivity contribution in [3.8, 4) is 11.8 Å². The second-order valence-electron chi connectivity index (χ2n) is 7.07. The standard InChI is InChI=1S/C20H20Cl2N4O2/c1-11-8-16-18(20(27)26(11)7-6-25(2)3)17(14(10-23)19(24)28-16)13-5-4-12(21)9-15(13)22/h4-5,8-9,17H,6-7,24H2,1-3H3/p+1/t17-/m0/s1. The van der Waals surface area contributed by atoms with Crippen molar-refractivity contribution >= 4 is 23.2 Å². The molecule has 3 N–H and O–H groups in total. The molecule has 0 aliphatic carbocycles. The third-order valence-corrected chi connectivity index (χ3v) is 5.36. The van der Waals surface area contributed by atoms with E-state index in [4.69, 9.17) is 33.7 Å². The molecule has 0 radical (unpaired) electrons. The number of nitrogens with two attached hydrogens (primary N) is 1. The highest BCUT2D eigenvalue weighted by Gasteiger charge is 2.35. The molecule has 1 aliphatic heterocycles. The topological polar surface area (TPSA) is 85.5 Å². The van der Waals surface area contributed by atoms with Gasteiger partial charge in [-0.3, -0.25) is 4.79 Å². The minimum Gasteiger partial charge on any atom is -0.440 e. The maximum absolute atomic E-state index is 13.4. The Morgan fingerprint density at radius 1 is 1.32 bits per heavy atom. The summed E-state index contributed by atoms with van der Waals surface area (Å²) < 4.78 is 7.34. The van der Waals surface area contributed by atoms with E-state index in [1.54, 1.807) is 28.8 Å². The van der Waals surface area contributed by atoms with E-state index in [1.165, 1.54) is 4.90 Å². The number of allylic oxidation sites excluding steroid dienone is 1. The van der Waals surface area contributed by atoms with Crippen LogP contribution in [0.15, 0.2) is 40.5 Å². The molecular formula is C20H21Cl2N4O2+. The molecule has 0 amide bonds. The fraction of sp³-hybridized carbons (Fsp3) is 0.300. The molecule has 1 aromatic carbocycles. The molecule has 0 unspecified atom stereocenters. The zero-order valence-corrected chi connectivity index (χ0v) is 17.4. The summed E-state index contributed by atoms with van der Waals surface area (Å²) in [6, 6.07) is 8.83. The number of fused-ring (bicyclic) bond motifs is 1. The van der Waals surface area contributed by atoms with Crippen molar-refractivity contribution in [3.63, 3.8) is 0 Å². The van der Waals surface area contributed by atoms with Gasteiger partial charge in [-0.15, -0.1) is 0 Å². The van der Waals surface area contributed by atoms with E-state index in [0.717, 1.165) is 12.2 Å². The van der Waals surface area contributed by atoms with Crippen LogP contribution in [0.3, 0.4) is 0 Å². The molecule has 0 saturated carbocycles. The van der Waals surface area contributed by atoms with Gasteiger partial charge in [-0.25, -0.2) is 0 Å². The van der Waals surface area contributed by atoms with Crippen molar-refractivity contribution < 1.29 is 9.64 Å². The minimum absolute atomic E-state index is 0.0275. The first-order valence-corrected chi connectivity index (χ1v) is 9.56. The number of rotatable bonds is 4. The average molecular weight is 420 g/mol. The van der Waals surface area contributed by atoms with Crippen molar-refractivity contribution in [2.45, 2.75) is 19.4 Å². The first-order valence-electron chi connectivity index (χ1n) is 8.80.